The van der Waals surface area contributed by atoms with E-state index in [4.69, 9.17) is 0 Å². The van der Waals surface area contributed by atoms with E-state index in [-0.39, 0.29) is 17.9 Å². The quantitative estimate of drug-likeness (QED) is 0.853. The summed E-state index contributed by atoms with van der Waals surface area (Å²) < 4.78 is 41.1. The molecule has 0 bridgehead atoms. The van der Waals surface area contributed by atoms with Gasteiger partial charge in [-0.2, -0.15) is 18.3 Å². The van der Waals surface area contributed by atoms with Crippen molar-refractivity contribution in [1.82, 2.24) is 25.0 Å². The molecule has 2 aromatic rings. The highest BCUT2D eigenvalue weighted by molar-refractivity contribution is 5.84. The predicted molar refractivity (Wildman–Crippen MR) is 81.4 cm³/mol. The molecule has 0 aliphatic carbocycles. The first-order chi connectivity index (χ1) is 11.8. The Bertz CT molecular complexity index is 842. The molecule has 0 spiro atoms. The number of nitrogens with one attached hydrogen (secondary N) is 2. The zero-order valence-corrected chi connectivity index (χ0v) is 13.3. The van der Waals surface area contributed by atoms with Gasteiger partial charge < -0.3 is 5.32 Å². The topological polar surface area (TPSA) is 83.0 Å². The van der Waals surface area contributed by atoms with E-state index < -0.39 is 29.4 Å². The molecule has 2 N–H and O–H groups in total. The van der Waals surface area contributed by atoms with Crippen molar-refractivity contribution in [3.63, 3.8) is 0 Å². The lowest BCUT2D eigenvalue weighted by molar-refractivity contribution is -0.140. The number of halogens is 3. The molecule has 1 saturated heterocycles. The molecule has 1 amide bonds. The Morgan fingerprint density at radius 3 is 2.64 bits per heavy atom. The van der Waals surface area contributed by atoms with Crippen LogP contribution < -0.4 is 11.0 Å². The smallest absolute Gasteiger partial charge is 0.353 e. The van der Waals surface area contributed by atoms with Crippen molar-refractivity contribution in [1.29, 1.82) is 0 Å². The van der Waals surface area contributed by atoms with Crippen molar-refractivity contribution in [2.45, 2.75) is 18.8 Å². The highest BCUT2D eigenvalue weighted by Crippen LogP contribution is 2.37. The van der Waals surface area contributed by atoms with Crippen LogP contribution in [0.2, 0.25) is 0 Å². The third kappa shape index (κ3) is 3.43. The summed E-state index contributed by atoms with van der Waals surface area (Å²) in [6.07, 6.45) is -4.57. The zero-order chi connectivity index (χ0) is 18.2. The van der Waals surface area contributed by atoms with E-state index in [0.717, 1.165) is 10.7 Å². The molecule has 0 saturated carbocycles. The lowest BCUT2D eigenvalue weighted by Crippen LogP contribution is -2.50. The first-order valence-corrected chi connectivity index (χ1v) is 7.57. The molecule has 1 aromatic heterocycles. The van der Waals surface area contributed by atoms with Gasteiger partial charge in [0.1, 0.15) is 11.9 Å². The van der Waals surface area contributed by atoms with E-state index in [1.807, 2.05) is 0 Å². The molecule has 134 valence electrons. The first-order valence-electron chi connectivity index (χ1n) is 7.57. The Kier molecular flexibility index (Phi) is 4.38. The van der Waals surface area contributed by atoms with Crippen molar-refractivity contribution in [2.24, 2.45) is 7.05 Å². The Hall–Kier alpha value is -2.62. The molecule has 7 nitrogen and oxygen atoms in total. The summed E-state index contributed by atoms with van der Waals surface area (Å²) >= 11 is 0. The largest absolute Gasteiger partial charge is 0.416 e. The summed E-state index contributed by atoms with van der Waals surface area (Å²) in [6, 6.07) is 3.89. The number of benzene rings is 1. The van der Waals surface area contributed by atoms with Gasteiger partial charge in [-0.15, -0.1) is 0 Å². The van der Waals surface area contributed by atoms with Crippen molar-refractivity contribution in [3.8, 4) is 0 Å². The van der Waals surface area contributed by atoms with E-state index in [0.29, 0.717) is 13.1 Å². The van der Waals surface area contributed by atoms with Crippen LogP contribution in [0.4, 0.5) is 13.2 Å². The average Bonchev–Trinajstić information content (AvgIpc) is 2.84. The number of hydrogen-bond donors (Lipinski definition) is 2. The number of alkyl halides is 3. The number of rotatable bonds is 3. The van der Waals surface area contributed by atoms with Crippen LogP contribution in [0.15, 0.2) is 29.1 Å². The van der Waals surface area contributed by atoms with Gasteiger partial charge in [0.25, 0.3) is 0 Å². The summed E-state index contributed by atoms with van der Waals surface area (Å²) in [5.41, 5.74) is -1.40. The molecule has 10 heteroatoms. The van der Waals surface area contributed by atoms with E-state index in [1.165, 1.54) is 25.2 Å². The lowest BCUT2D eigenvalue weighted by Gasteiger charge is -2.35. The second kappa shape index (κ2) is 6.36. The Morgan fingerprint density at radius 2 is 2.00 bits per heavy atom. The lowest BCUT2D eigenvalue weighted by atomic mass is 9.96. The van der Waals surface area contributed by atoms with Crippen LogP contribution in [-0.4, -0.2) is 38.7 Å². The van der Waals surface area contributed by atoms with Gasteiger partial charge in [0.2, 0.25) is 5.91 Å². The molecule has 2 heterocycles. The summed E-state index contributed by atoms with van der Waals surface area (Å²) in [5, 5.41) is 6.58. The van der Waals surface area contributed by atoms with Crippen molar-refractivity contribution in [3.05, 3.63) is 51.7 Å². The van der Waals surface area contributed by atoms with E-state index >= 15 is 0 Å². The monoisotopic (exact) mass is 355 g/mol. The van der Waals surface area contributed by atoms with Gasteiger partial charge in [-0.3, -0.25) is 14.7 Å². The molecule has 1 aliphatic heterocycles. The van der Waals surface area contributed by atoms with Gasteiger partial charge in [0.05, 0.1) is 12.1 Å². The van der Waals surface area contributed by atoms with Crippen molar-refractivity contribution < 1.29 is 18.0 Å². The third-order valence-corrected chi connectivity index (χ3v) is 4.04. The number of aryl methyl sites for hydroxylation is 1. The number of piperazine rings is 1. The maximum Gasteiger partial charge on any atom is 0.416 e. The Balaban J connectivity index is 1.99. The van der Waals surface area contributed by atoms with Crippen LogP contribution in [0.3, 0.4) is 0 Å². The van der Waals surface area contributed by atoms with E-state index in [9.17, 15) is 22.8 Å². The number of hydrogen-bond acceptors (Lipinski definition) is 4. The van der Waals surface area contributed by atoms with Gasteiger partial charge in [-0.1, -0.05) is 18.2 Å². The van der Waals surface area contributed by atoms with E-state index in [2.05, 4.69) is 15.4 Å². The molecular formula is C15H16F3N5O2. The second-order valence-corrected chi connectivity index (χ2v) is 5.75. The molecule has 1 aromatic carbocycles. The first kappa shape index (κ1) is 17.2. The molecule has 1 atom stereocenters. The zero-order valence-electron chi connectivity index (χ0n) is 13.3. The second-order valence-electron chi connectivity index (χ2n) is 5.75. The van der Waals surface area contributed by atoms with Gasteiger partial charge in [-0.05, 0) is 11.6 Å². The maximum atomic E-state index is 13.3. The van der Waals surface area contributed by atoms with Crippen LogP contribution in [0.1, 0.15) is 23.0 Å². The number of aromatic amines is 1. The maximum absolute atomic E-state index is 13.3. The fraction of sp³-hybridized carbons (Fsp3) is 0.400. The Labute approximate surface area is 140 Å². The summed E-state index contributed by atoms with van der Waals surface area (Å²) in [5.74, 6) is -0.224. The number of carbonyl (C=O) groups excluding carboxylic acids is 1. The van der Waals surface area contributed by atoms with Gasteiger partial charge >= 0.3 is 11.9 Å². The van der Waals surface area contributed by atoms with Crippen LogP contribution in [0.25, 0.3) is 0 Å². The van der Waals surface area contributed by atoms with Crippen LogP contribution >= 0.6 is 0 Å². The molecule has 1 unspecified atom stereocenters. The third-order valence-electron chi connectivity index (χ3n) is 4.04. The van der Waals surface area contributed by atoms with Gasteiger partial charge in [0, 0.05) is 20.1 Å². The minimum Gasteiger partial charge on any atom is -0.353 e. The van der Waals surface area contributed by atoms with E-state index in [1.54, 1.807) is 4.90 Å². The Morgan fingerprint density at radius 1 is 1.28 bits per heavy atom. The van der Waals surface area contributed by atoms with Crippen LogP contribution in [-0.2, 0) is 24.6 Å². The molecule has 25 heavy (non-hydrogen) atoms. The average molecular weight is 355 g/mol. The van der Waals surface area contributed by atoms with Gasteiger partial charge in [-0.25, -0.2) is 9.48 Å². The normalized spacial score (nSPS) is 19.0. The molecule has 0 radical (unpaired) electrons. The van der Waals surface area contributed by atoms with Crippen LogP contribution in [0.5, 0.6) is 0 Å². The fourth-order valence-electron chi connectivity index (χ4n) is 2.94. The van der Waals surface area contributed by atoms with Crippen LogP contribution in [0, 0.1) is 0 Å². The molecule has 3 rings (SSSR count). The van der Waals surface area contributed by atoms with Crippen molar-refractivity contribution >= 4 is 5.91 Å². The number of carbonyl (C=O) groups is 1. The number of amides is 1. The molecular weight excluding hydrogens is 339 g/mol. The standard InChI is InChI=1S/C15H16F3N5O2/c1-22-14(25)20-11(21-22)8-23-7-6-19-13(24)12(23)9-4-2-3-5-10(9)15(16,17)18/h2-5,12H,6-8H2,1H3,(H,19,24)(H,20,21,25). The number of aromatic nitrogens is 3. The molecule has 1 aliphatic rings. The number of H-pyrrole nitrogens is 1. The molecule has 1 fully saturated rings. The SMILES string of the molecule is Cn1nc(CN2CCNC(=O)C2c2ccccc2C(F)(F)F)[nH]c1=O. The number of nitrogens with zero attached hydrogens (tertiary/aromatic N) is 3. The summed E-state index contributed by atoms with van der Waals surface area (Å²) in [6.45, 7) is 0.697. The summed E-state index contributed by atoms with van der Waals surface area (Å²) in [4.78, 5) is 27.9. The fourth-order valence-corrected chi connectivity index (χ4v) is 2.94. The van der Waals surface area contributed by atoms with Gasteiger partial charge in [0.15, 0.2) is 0 Å². The highest BCUT2D eigenvalue weighted by Gasteiger charge is 2.40. The summed E-state index contributed by atoms with van der Waals surface area (Å²) in [7, 11) is 1.46. The van der Waals surface area contributed by atoms with Crippen molar-refractivity contribution in [2.75, 3.05) is 13.1 Å². The minimum absolute atomic E-state index is 0.0559. The minimum atomic E-state index is -4.57. The highest BCUT2D eigenvalue weighted by atomic mass is 19.4. The predicted octanol–water partition coefficient (Wildman–Crippen LogP) is 0.800.